The zero-order valence-electron chi connectivity index (χ0n) is 7.71. The highest BCUT2D eigenvalue weighted by Gasteiger charge is 2.21. The van der Waals surface area contributed by atoms with E-state index in [1.165, 1.54) is 6.07 Å². The minimum Gasteiger partial charge on any atom is -0.478 e. The van der Waals surface area contributed by atoms with Crippen LogP contribution in [0.4, 0.5) is 5.69 Å². The molecule has 0 atom stereocenters. The SMILES string of the molecule is O=C1CCc2cc(Cl)cc(C(=O)O)c2N1. The molecule has 0 aliphatic carbocycles. The fraction of sp³-hybridized carbons (Fsp3) is 0.200. The molecule has 1 aromatic carbocycles. The van der Waals surface area contributed by atoms with E-state index in [2.05, 4.69) is 5.32 Å². The number of hydrogen-bond acceptors (Lipinski definition) is 2. The molecule has 0 aromatic heterocycles. The maximum Gasteiger partial charge on any atom is 0.337 e. The molecule has 0 saturated carbocycles. The number of fused-ring (bicyclic) bond motifs is 1. The van der Waals surface area contributed by atoms with Gasteiger partial charge in [-0.25, -0.2) is 4.79 Å². The molecule has 2 N–H and O–H groups in total. The van der Waals surface area contributed by atoms with E-state index in [1.54, 1.807) is 6.07 Å². The van der Waals surface area contributed by atoms with Crippen molar-refractivity contribution in [3.8, 4) is 0 Å². The van der Waals surface area contributed by atoms with E-state index in [4.69, 9.17) is 16.7 Å². The van der Waals surface area contributed by atoms with Crippen LogP contribution >= 0.6 is 11.6 Å². The maximum absolute atomic E-state index is 11.1. The fourth-order valence-electron chi connectivity index (χ4n) is 1.63. The lowest BCUT2D eigenvalue weighted by atomic mass is 9.99. The molecule has 15 heavy (non-hydrogen) atoms. The van der Waals surface area contributed by atoms with E-state index < -0.39 is 5.97 Å². The van der Waals surface area contributed by atoms with Crippen molar-refractivity contribution < 1.29 is 14.7 Å². The number of aryl methyl sites for hydroxylation is 1. The molecular weight excluding hydrogens is 218 g/mol. The monoisotopic (exact) mass is 225 g/mol. The van der Waals surface area contributed by atoms with E-state index in [0.29, 0.717) is 23.6 Å². The summed E-state index contributed by atoms with van der Waals surface area (Å²) >= 11 is 5.79. The molecule has 4 nitrogen and oxygen atoms in total. The molecule has 78 valence electrons. The van der Waals surface area contributed by atoms with E-state index in [-0.39, 0.29) is 11.5 Å². The van der Waals surface area contributed by atoms with Gasteiger partial charge >= 0.3 is 5.97 Å². The zero-order chi connectivity index (χ0) is 11.0. The number of carbonyl (C=O) groups excluding carboxylic acids is 1. The lowest BCUT2D eigenvalue weighted by Gasteiger charge is -2.18. The van der Waals surface area contributed by atoms with Crippen molar-refractivity contribution in [2.75, 3.05) is 5.32 Å². The second-order valence-corrected chi connectivity index (χ2v) is 3.78. The van der Waals surface area contributed by atoms with Crippen LogP contribution in [0.2, 0.25) is 5.02 Å². The second kappa shape index (κ2) is 3.55. The third-order valence-electron chi connectivity index (χ3n) is 2.30. The minimum absolute atomic E-state index is 0.0468. The predicted molar refractivity (Wildman–Crippen MR) is 55.4 cm³/mol. The Morgan fingerprint density at radius 2 is 2.13 bits per heavy atom. The summed E-state index contributed by atoms with van der Waals surface area (Å²) < 4.78 is 0. The molecule has 2 rings (SSSR count). The standard InChI is InChI=1S/C10H8ClNO3/c11-6-3-5-1-2-8(13)12-9(5)7(4-6)10(14)15/h3-4H,1-2H2,(H,12,13)(H,14,15). The van der Waals surface area contributed by atoms with Crippen molar-refractivity contribution in [3.05, 3.63) is 28.3 Å². The number of rotatable bonds is 1. The number of aromatic carboxylic acids is 1. The van der Waals surface area contributed by atoms with Gasteiger partial charge in [-0.1, -0.05) is 11.6 Å². The number of carbonyl (C=O) groups is 2. The van der Waals surface area contributed by atoms with Crippen LogP contribution in [-0.2, 0) is 11.2 Å². The Morgan fingerprint density at radius 1 is 1.40 bits per heavy atom. The molecule has 1 aromatic rings. The summed E-state index contributed by atoms with van der Waals surface area (Å²) in [6, 6.07) is 3.02. The van der Waals surface area contributed by atoms with Gasteiger partial charge in [0.2, 0.25) is 5.91 Å². The summed E-state index contributed by atoms with van der Waals surface area (Å²) in [5.41, 5.74) is 1.20. The predicted octanol–water partition coefficient (Wildman–Crippen LogP) is 1.92. The molecule has 0 radical (unpaired) electrons. The average Bonchev–Trinajstić information content (AvgIpc) is 2.17. The van der Waals surface area contributed by atoms with Crippen molar-refractivity contribution in [3.63, 3.8) is 0 Å². The average molecular weight is 226 g/mol. The highest BCUT2D eigenvalue weighted by Crippen LogP contribution is 2.30. The van der Waals surface area contributed by atoms with Gasteiger partial charge in [-0.15, -0.1) is 0 Å². The second-order valence-electron chi connectivity index (χ2n) is 3.34. The van der Waals surface area contributed by atoms with Crippen LogP contribution in [0.25, 0.3) is 0 Å². The van der Waals surface area contributed by atoms with Gasteiger partial charge in [-0.2, -0.15) is 0 Å². The summed E-state index contributed by atoms with van der Waals surface area (Å²) in [5.74, 6) is -1.25. The molecule has 0 unspecified atom stereocenters. The first kappa shape index (κ1) is 9.98. The fourth-order valence-corrected chi connectivity index (χ4v) is 1.87. The molecule has 5 heteroatoms. The number of halogens is 1. The van der Waals surface area contributed by atoms with Crippen LogP contribution in [0.15, 0.2) is 12.1 Å². The van der Waals surface area contributed by atoms with E-state index >= 15 is 0 Å². The topological polar surface area (TPSA) is 66.4 Å². The number of amides is 1. The van der Waals surface area contributed by atoms with Crippen molar-refractivity contribution >= 4 is 29.2 Å². The Labute approximate surface area is 90.9 Å². The summed E-state index contributed by atoms with van der Waals surface area (Å²) in [6.07, 6.45) is 0.897. The van der Waals surface area contributed by atoms with Gasteiger partial charge in [0.05, 0.1) is 11.3 Å². The van der Waals surface area contributed by atoms with Crippen LogP contribution in [0.5, 0.6) is 0 Å². The summed E-state index contributed by atoms with van der Waals surface area (Å²) in [5, 5.41) is 11.9. The van der Waals surface area contributed by atoms with Crippen molar-refractivity contribution in [1.82, 2.24) is 0 Å². The number of carboxylic acid groups (broad SMARTS) is 1. The summed E-state index contributed by atoms with van der Waals surface area (Å²) in [7, 11) is 0. The first-order valence-electron chi connectivity index (χ1n) is 4.43. The Hall–Kier alpha value is -1.55. The van der Waals surface area contributed by atoms with Gasteiger partial charge in [0.25, 0.3) is 0 Å². The number of anilines is 1. The van der Waals surface area contributed by atoms with Crippen LogP contribution in [0.1, 0.15) is 22.3 Å². The molecule has 0 bridgehead atoms. The van der Waals surface area contributed by atoms with Crippen molar-refractivity contribution in [2.45, 2.75) is 12.8 Å². The quantitative estimate of drug-likeness (QED) is 0.767. The highest BCUT2D eigenvalue weighted by molar-refractivity contribution is 6.31. The smallest absolute Gasteiger partial charge is 0.337 e. The minimum atomic E-state index is -1.09. The lowest BCUT2D eigenvalue weighted by molar-refractivity contribution is -0.116. The lowest BCUT2D eigenvalue weighted by Crippen LogP contribution is -2.21. The van der Waals surface area contributed by atoms with E-state index in [1.807, 2.05) is 0 Å². The Balaban J connectivity index is 2.60. The number of benzene rings is 1. The van der Waals surface area contributed by atoms with Crippen molar-refractivity contribution in [1.29, 1.82) is 0 Å². The maximum atomic E-state index is 11.1. The molecule has 1 aliphatic heterocycles. The van der Waals surface area contributed by atoms with Crippen LogP contribution in [-0.4, -0.2) is 17.0 Å². The third-order valence-corrected chi connectivity index (χ3v) is 2.52. The van der Waals surface area contributed by atoms with Gasteiger partial charge in [0.1, 0.15) is 0 Å². The largest absolute Gasteiger partial charge is 0.478 e. The van der Waals surface area contributed by atoms with Crippen LogP contribution in [0, 0.1) is 0 Å². The van der Waals surface area contributed by atoms with Gasteiger partial charge in [0.15, 0.2) is 0 Å². The normalized spacial score (nSPS) is 14.3. The van der Waals surface area contributed by atoms with E-state index in [9.17, 15) is 9.59 Å². The number of nitrogens with one attached hydrogen (secondary N) is 1. The zero-order valence-corrected chi connectivity index (χ0v) is 8.47. The van der Waals surface area contributed by atoms with Crippen molar-refractivity contribution in [2.24, 2.45) is 0 Å². The molecular formula is C10H8ClNO3. The first-order valence-corrected chi connectivity index (χ1v) is 4.81. The molecule has 1 heterocycles. The Kier molecular flexibility index (Phi) is 2.36. The summed E-state index contributed by atoms with van der Waals surface area (Å²) in [4.78, 5) is 22.1. The van der Waals surface area contributed by atoms with Gasteiger partial charge in [-0.3, -0.25) is 4.79 Å². The molecule has 0 saturated heterocycles. The van der Waals surface area contributed by atoms with E-state index in [0.717, 1.165) is 5.56 Å². The number of carboxylic acids is 1. The summed E-state index contributed by atoms with van der Waals surface area (Å²) in [6.45, 7) is 0. The molecule has 0 spiro atoms. The molecule has 1 aliphatic rings. The first-order chi connectivity index (χ1) is 7.08. The molecule has 1 amide bonds. The Morgan fingerprint density at radius 3 is 2.80 bits per heavy atom. The van der Waals surface area contributed by atoms with Gasteiger partial charge in [-0.05, 0) is 24.1 Å². The molecule has 0 fully saturated rings. The van der Waals surface area contributed by atoms with Gasteiger partial charge < -0.3 is 10.4 Å². The van der Waals surface area contributed by atoms with Crippen LogP contribution in [0.3, 0.4) is 0 Å². The Bertz CT molecular complexity index is 456. The van der Waals surface area contributed by atoms with Gasteiger partial charge in [0, 0.05) is 11.4 Å². The highest BCUT2D eigenvalue weighted by atomic mass is 35.5. The third kappa shape index (κ3) is 1.80. The number of hydrogen-bond donors (Lipinski definition) is 2. The van der Waals surface area contributed by atoms with Crippen LogP contribution < -0.4 is 5.32 Å².